The molecular formula is C29H35F3N4O4S. The molecule has 1 aromatic carbocycles. The Morgan fingerprint density at radius 1 is 1.10 bits per heavy atom. The first-order valence-corrected chi connectivity index (χ1v) is 14.3. The summed E-state index contributed by atoms with van der Waals surface area (Å²) in [5, 5.41) is 13.8. The van der Waals surface area contributed by atoms with E-state index in [0.29, 0.717) is 25.1 Å². The number of aromatic nitrogens is 2. The third-order valence-corrected chi connectivity index (χ3v) is 7.53. The SMILES string of the molecule is CCC1=C(CCCCc2ccc(NC(=O)Cc3cccc(OC(F)(F)F)c3)nn2)SC(C(=O)NCCOC)=CCC1. The zero-order valence-electron chi connectivity index (χ0n) is 23.2. The van der Waals surface area contributed by atoms with E-state index in [-0.39, 0.29) is 23.9 Å². The first-order valence-electron chi connectivity index (χ1n) is 13.5. The first kappa shape index (κ1) is 32.1. The summed E-state index contributed by atoms with van der Waals surface area (Å²) in [7, 11) is 1.60. The van der Waals surface area contributed by atoms with Crippen molar-refractivity contribution in [2.45, 2.75) is 64.7 Å². The third-order valence-electron chi connectivity index (χ3n) is 6.22. The number of ether oxygens (including phenoxy) is 2. The molecule has 0 spiro atoms. The highest BCUT2D eigenvalue weighted by molar-refractivity contribution is 8.07. The van der Waals surface area contributed by atoms with Crippen LogP contribution in [0.25, 0.3) is 0 Å². The Kier molecular flexibility index (Phi) is 12.7. The molecule has 0 saturated carbocycles. The normalized spacial score (nSPS) is 13.8. The molecule has 0 aliphatic carbocycles. The highest BCUT2D eigenvalue weighted by atomic mass is 32.2. The van der Waals surface area contributed by atoms with Crippen LogP contribution in [-0.2, 0) is 27.2 Å². The molecule has 0 fully saturated rings. The summed E-state index contributed by atoms with van der Waals surface area (Å²) >= 11 is 1.57. The number of thioether (sulfide) groups is 1. The summed E-state index contributed by atoms with van der Waals surface area (Å²) in [6, 6.07) is 8.73. The number of carbonyl (C=O) groups is 2. The zero-order chi connectivity index (χ0) is 29.7. The van der Waals surface area contributed by atoms with Crippen molar-refractivity contribution in [1.29, 1.82) is 0 Å². The number of allylic oxidation sites excluding steroid dienone is 3. The Labute approximate surface area is 242 Å². The van der Waals surface area contributed by atoms with E-state index in [1.807, 2.05) is 6.08 Å². The molecule has 41 heavy (non-hydrogen) atoms. The number of halogens is 3. The average Bonchev–Trinajstić information content (AvgIpc) is 3.13. The van der Waals surface area contributed by atoms with Crippen LogP contribution in [0, 0.1) is 0 Å². The Hall–Kier alpha value is -3.38. The quantitative estimate of drug-likeness (QED) is 0.255. The Morgan fingerprint density at radius 2 is 1.90 bits per heavy atom. The van der Waals surface area contributed by atoms with Crippen LogP contribution >= 0.6 is 11.8 Å². The van der Waals surface area contributed by atoms with Gasteiger partial charge in [0.15, 0.2) is 5.82 Å². The van der Waals surface area contributed by atoms with Crippen LogP contribution in [0.2, 0.25) is 0 Å². The lowest BCUT2D eigenvalue weighted by atomic mass is 10.0. The number of hydrogen-bond donors (Lipinski definition) is 2. The van der Waals surface area contributed by atoms with Gasteiger partial charge >= 0.3 is 6.36 Å². The molecule has 0 unspecified atom stereocenters. The van der Waals surface area contributed by atoms with E-state index in [9.17, 15) is 22.8 Å². The highest BCUT2D eigenvalue weighted by Crippen LogP contribution is 2.38. The standard InChI is InChI=1S/C29H35F3N4O4S/c1-3-21-9-7-13-25(28(38)33-16-17-39-2)41-24(21)12-5-4-10-22-14-15-26(36-35-22)34-27(37)19-20-8-6-11-23(18-20)40-29(30,31)32/h6,8,11,13-15,18H,3-5,7,9-10,12,16-17,19H2,1-2H3,(H,33,38)(H,34,36,37). The van der Waals surface area contributed by atoms with Crippen molar-refractivity contribution in [2.24, 2.45) is 0 Å². The minimum Gasteiger partial charge on any atom is -0.406 e. The number of rotatable bonds is 14. The Balaban J connectivity index is 1.45. The highest BCUT2D eigenvalue weighted by Gasteiger charge is 2.31. The van der Waals surface area contributed by atoms with Gasteiger partial charge in [0.2, 0.25) is 5.91 Å². The van der Waals surface area contributed by atoms with Gasteiger partial charge in [-0.25, -0.2) is 0 Å². The van der Waals surface area contributed by atoms with Crippen molar-refractivity contribution in [3.63, 3.8) is 0 Å². The van der Waals surface area contributed by atoms with Crippen LogP contribution in [0.5, 0.6) is 5.75 Å². The minimum absolute atomic E-state index is 0.0617. The monoisotopic (exact) mass is 592 g/mol. The molecule has 3 rings (SSSR count). The second-order valence-electron chi connectivity index (χ2n) is 9.38. The van der Waals surface area contributed by atoms with E-state index in [1.54, 1.807) is 37.1 Å². The summed E-state index contributed by atoms with van der Waals surface area (Å²) < 4.78 is 46.2. The number of benzene rings is 1. The van der Waals surface area contributed by atoms with E-state index in [4.69, 9.17) is 4.74 Å². The lowest BCUT2D eigenvalue weighted by molar-refractivity contribution is -0.274. The summed E-state index contributed by atoms with van der Waals surface area (Å²) in [4.78, 5) is 26.9. The van der Waals surface area contributed by atoms with Crippen LogP contribution in [0.15, 0.2) is 57.9 Å². The van der Waals surface area contributed by atoms with E-state index in [0.717, 1.165) is 49.1 Å². The fourth-order valence-corrected chi connectivity index (χ4v) is 5.50. The molecule has 2 aromatic rings. The van der Waals surface area contributed by atoms with Crippen LogP contribution in [0.1, 0.15) is 56.7 Å². The summed E-state index contributed by atoms with van der Waals surface area (Å²) in [5.74, 6) is -0.615. The van der Waals surface area contributed by atoms with Crippen molar-refractivity contribution in [2.75, 3.05) is 25.6 Å². The number of nitrogens with one attached hydrogen (secondary N) is 2. The van der Waals surface area contributed by atoms with E-state index in [1.165, 1.54) is 28.7 Å². The first-order chi connectivity index (χ1) is 19.7. The van der Waals surface area contributed by atoms with Crippen molar-refractivity contribution in [3.05, 3.63) is 69.1 Å². The molecule has 12 heteroatoms. The number of carbonyl (C=O) groups excluding carboxylic acids is 2. The number of amides is 2. The number of hydrogen-bond acceptors (Lipinski definition) is 7. The van der Waals surface area contributed by atoms with Crippen molar-refractivity contribution < 1.29 is 32.2 Å². The molecule has 0 atom stereocenters. The largest absolute Gasteiger partial charge is 0.573 e. The van der Waals surface area contributed by atoms with E-state index in [2.05, 4.69) is 32.5 Å². The molecule has 0 saturated heterocycles. The van der Waals surface area contributed by atoms with Gasteiger partial charge in [-0.15, -0.1) is 18.3 Å². The van der Waals surface area contributed by atoms with Crippen molar-refractivity contribution >= 4 is 29.4 Å². The molecule has 0 radical (unpaired) electrons. The van der Waals surface area contributed by atoms with Gasteiger partial charge in [-0.05, 0) is 79.7 Å². The predicted octanol–water partition coefficient (Wildman–Crippen LogP) is 6.11. The smallest absolute Gasteiger partial charge is 0.406 e. The second kappa shape index (κ2) is 16.2. The molecule has 2 amide bonds. The maximum absolute atomic E-state index is 12.6. The Morgan fingerprint density at radius 3 is 2.61 bits per heavy atom. The maximum Gasteiger partial charge on any atom is 0.573 e. The lowest BCUT2D eigenvalue weighted by Crippen LogP contribution is -2.27. The van der Waals surface area contributed by atoms with Crippen molar-refractivity contribution in [1.82, 2.24) is 15.5 Å². The van der Waals surface area contributed by atoms with Crippen LogP contribution in [0.4, 0.5) is 19.0 Å². The maximum atomic E-state index is 12.6. The lowest BCUT2D eigenvalue weighted by Gasteiger charge is -2.13. The molecule has 2 heterocycles. The fraction of sp³-hybridized carbons (Fsp3) is 0.448. The molecule has 1 aromatic heterocycles. The number of nitrogens with zero attached hydrogens (tertiary/aromatic N) is 2. The van der Waals surface area contributed by atoms with Gasteiger partial charge in [-0.1, -0.05) is 42.5 Å². The fourth-order valence-electron chi connectivity index (χ4n) is 4.23. The van der Waals surface area contributed by atoms with Crippen LogP contribution in [0.3, 0.4) is 0 Å². The van der Waals surface area contributed by atoms with Gasteiger partial charge in [-0.3, -0.25) is 9.59 Å². The summed E-state index contributed by atoms with van der Waals surface area (Å²) in [6.07, 6.45) is 3.26. The number of methoxy groups -OCH3 is 1. The van der Waals surface area contributed by atoms with Gasteiger partial charge in [-0.2, -0.15) is 5.10 Å². The zero-order valence-corrected chi connectivity index (χ0v) is 24.0. The molecule has 222 valence electrons. The number of unbranched alkanes of at least 4 members (excludes halogenated alkanes) is 1. The van der Waals surface area contributed by atoms with Gasteiger partial charge in [0.05, 0.1) is 23.6 Å². The third kappa shape index (κ3) is 11.6. The van der Waals surface area contributed by atoms with E-state index >= 15 is 0 Å². The molecule has 2 N–H and O–H groups in total. The van der Waals surface area contributed by atoms with Crippen LogP contribution in [-0.4, -0.2) is 48.6 Å². The molecule has 1 aliphatic heterocycles. The topological polar surface area (TPSA) is 102 Å². The van der Waals surface area contributed by atoms with Gasteiger partial charge < -0.3 is 20.1 Å². The minimum atomic E-state index is -4.80. The number of anilines is 1. The van der Waals surface area contributed by atoms with Gasteiger partial charge in [0.25, 0.3) is 5.91 Å². The summed E-state index contributed by atoms with van der Waals surface area (Å²) in [5.41, 5.74) is 2.55. The second-order valence-corrected chi connectivity index (χ2v) is 10.5. The average molecular weight is 593 g/mol. The molecule has 8 nitrogen and oxygen atoms in total. The van der Waals surface area contributed by atoms with Crippen LogP contribution < -0.4 is 15.4 Å². The predicted molar refractivity (Wildman–Crippen MR) is 152 cm³/mol. The molecule has 1 aliphatic rings. The Bertz CT molecular complexity index is 1230. The molecule has 0 bridgehead atoms. The number of alkyl halides is 3. The molecular weight excluding hydrogens is 557 g/mol. The van der Waals surface area contributed by atoms with E-state index < -0.39 is 12.3 Å². The van der Waals surface area contributed by atoms with Crippen molar-refractivity contribution in [3.8, 4) is 5.75 Å². The number of aryl methyl sites for hydroxylation is 1. The van der Waals surface area contributed by atoms with Gasteiger partial charge in [0, 0.05) is 13.7 Å². The van der Waals surface area contributed by atoms with Gasteiger partial charge in [0.1, 0.15) is 5.75 Å². The summed E-state index contributed by atoms with van der Waals surface area (Å²) in [6.45, 7) is 3.10.